The maximum absolute atomic E-state index is 4.70. The van der Waals surface area contributed by atoms with Crippen LogP contribution in [0.5, 0.6) is 0 Å². The van der Waals surface area contributed by atoms with Gasteiger partial charge >= 0.3 is 0 Å². The average Bonchev–Trinajstić information content (AvgIpc) is 2.37. The van der Waals surface area contributed by atoms with Crippen molar-refractivity contribution in [1.29, 1.82) is 0 Å². The Bertz CT molecular complexity index is 371. The number of rotatable bonds is 7. The Hall–Kier alpha value is -1.16. The van der Waals surface area contributed by atoms with Crippen LogP contribution in [0.15, 0.2) is 12.4 Å². The Morgan fingerprint density at radius 1 is 1.21 bits per heavy atom. The van der Waals surface area contributed by atoms with Crippen LogP contribution < -0.4 is 10.2 Å². The van der Waals surface area contributed by atoms with Crippen molar-refractivity contribution in [3.63, 3.8) is 0 Å². The molecule has 1 rings (SSSR count). The smallest absolute Gasteiger partial charge is 0.147 e. The summed E-state index contributed by atoms with van der Waals surface area (Å²) >= 11 is 0. The van der Waals surface area contributed by atoms with Crippen LogP contribution in [0.25, 0.3) is 0 Å². The topological polar surface area (TPSA) is 41.1 Å². The predicted octanol–water partition coefficient (Wildman–Crippen LogP) is 2.99. The summed E-state index contributed by atoms with van der Waals surface area (Å²) in [6, 6.07) is 0. The molecule has 0 aromatic carbocycles. The molecule has 4 heteroatoms. The molecule has 0 aliphatic carbocycles. The second kappa shape index (κ2) is 7.43. The van der Waals surface area contributed by atoms with Gasteiger partial charge in [0.25, 0.3) is 0 Å². The largest absolute Gasteiger partial charge is 0.356 e. The predicted molar refractivity (Wildman–Crippen MR) is 81.4 cm³/mol. The maximum atomic E-state index is 4.70. The van der Waals surface area contributed by atoms with Gasteiger partial charge < -0.3 is 10.2 Å². The van der Waals surface area contributed by atoms with E-state index in [-0.39, 0.29) is 5.54 Å². The van der Waals surface area contributed by atoms with Crippen molar-refractivity contribution in [3.8, 4) is 0 Å². The number of aromatic nitrogens is 2. The Morgan fingerprint density at radius 3 is 2.53 bits per heavy atom. The third kappa shape index (κ3) is 6.01. The maximum Gasteiger partial charge on any atom is 0.147 e. The molecule has 0 atom stereocenters. The van der Waals surface area contributed by atoms with E-state index in [4.69, 9.17) is 4.98 Å². The summed E-state index contributed by atoms with van der Waals surface area (Å²) in [5.41, 5.74) is 1.10. The molecular formula is C15H28N4. The molecule has 0 saturated carbocycles. The first-order chi connectivity index (χ1) is 8.96. The van der Waals surface area contributed by atoms with Gasteiger partial charge in [-0.25, -0.2) is 4.98 Å². The van der Waals surface area contributed by atoms with Crippen molar-refractivity contribution in [3.05, 3.63) is 18.1 Å². The minimum Gasteiger partial charge on any atom is -0.356 e. The first-order valence-electron chi connectivity index (χ1n) is 7.27. The molecule has 0 saturated heterocycles. The normalized spacial score (nSPS) is 11.6. The zero-order valence-electron chi connectivity index (χ0n) is 13.0. The van der Waals surface area contributed by atoms with E-state index in [0.717, 1.165) is 31.1 Å². The number of unbranched alkanes of at least 4 members (excludes halogenated alkanes) is 1. The van der Waals surface area contributed by atoms with E-state index in [9.17, 15) is 0 Å². The highest BCUT2D eigenvalue weighted by Gasteiger charge is 2.11. The van der Waals surface area contributed by atoms with Gasteiger partial charge in [0.2, 0.25) is 0 Å². The standard InChI is InChI=1S/C15H28N4/c1-6-8-9-19(7-2)14-12-16-10-13(18-14)11-17-15(3,4)5/h10,12,17H,6-9,11H2,1-5H3. The summed E-state index contributed by atoms with van der Waals surface area (Å²) in [4.78, 5) is 11.3. The fraction of sp³-hybridized carbons (Fsp3) is 0.733. The summed E-state index contributed by atoms with van der Waals surface area (Å²) in [5, 5.41) is 3.44. The molecule has 0 fully saturated rings. The lowest BCUT2D eigenvalue weighted by molar-refractivity contribution is 0.421. The van der Waals surface area contributed by atoms with Crippen molar-refractivity contribution in [2.24, 2.45) is 0 Å². The van der Waals surface area contributed by atoms with Crippen LogP contribution in [-0.2, 0) is 6.54 Å². The summed E-state index contributed by atoms with van der Waals surface area (Å²) in [6.07, 6.45) is 6.10. The second-order valence-corrected chi connectivity index (χ2v) is 5.91. The third-order valence-corrected chi connectivity index (χ3v) is 2.96. The fourth-order valence-electron chi connectivity index (χ4n) is 1.77. The van der Waals surface area contributed by atoms with Crippen LogP contribution in [0.2, 0.25) is 0 Å². The molecule has 19 heavy (non-hydrogen) atoms. The van der Waals surface area contributed by atoms with Crippen molar-refractivity contribution < 1.29 is 0 Å². The van der Waals surface area contributed by atoms with E-state index in [1.165, 1.54) is 12.8 Å². The lowest BCUT2D eigenvalue weighted by Gasteiger charge is -2.23. The van der Waals surface area contributed by atoms with E-state index in [0.29, 0.717) is 0 Å². The van der Waals surface area contributed by atoms with Crippen molar-refractivity contribution in [2.75, 3.05) is 18.0 Å². The molecule has 0 amide bonds. The highest BCUT2D eigenvalue weighted by atomic mass is 15.2. The van der Waals surface area contributed by atoms with Crippen LogP contribution in [0, 0.1) is 0 Å². The first kappa shape index (κ1) is 15.9. The number of hydrogen-bond acceptors (Lipinski definition) is 4. The lowest BCUT2D eigenvalue weighted by Crippen LogP contribution is -2.35. The van der Waals surface area contributed by atoms with Crippen molar-refractivity contribution in [1.82, 2.24) is 15.3 Å². The molecule has 1 N–H and O–H groups in total. The average molecular weight is 264 g/mol. The molecule has 0 unspecified atom stereocenters. The highest BCUT2D eigenvalue weighted by Crippen LogP contribution is 2.11. The van der Waals surface area contributed by atoms with Gasteiger partial charge in [-0.1, -0.05) is 13.3 Å². The van der Waals surface area contributed by atoms with Gasteiger partial charge in [-0.2, -0.15) is 0 Å². The monoisotopic (exact) mass is 264 g/mol. The van der Waals surface area contributed by atoms with Crippen molar-refractivity contribution >= 4 is 5.82 Å². The summed E-state index contributed by atoms with van der Waals surface area (Å²) < 4.78 is 0. The number of hydrogen-bond donors (Lipinski definition) is 1. The first-order valence-corrected chi connectivity index (χ1v) is 7.27. The Kier molecular flexibility index (Phi) is 6.22. The van der Waals surface area contributed by atoms with Gasteiger partial charge in [0, 0.05) is 31.4 Å². The van der Waals surface area contributed by atoms with Gasteiger partial charge in [-0.15, -0.1) is 0 Å². The molecule has 1 heterocycles. The molecule has 1 aromatic rings. The van der Waals surface area contributed by atoms with Crippen molar-refractivity contribution in [2.45, 2.75) is 59.5 Å². The van der Waals surface area contributed by atoms with E-state index in [1.54, 1.807) is 0 Å². The van der Waals surface area contributed by atoms with Gasteiger partial charge in [-0.3, -0.25) is 4.98 Å². The summed E-state index contributed by atoms with van der Waals surface area (Å²) in [7, 11) is 0. The third-order valence-electron chi connectivity index (χ3n) is 2.96. The van der Waals surface area contributed by atoms with E-state index in [1.807, 2.05) is 12.4 Å². The molecule has 108 valence electrons. The molecule has 1 aromatic heterocycles. The molecule has 0 radical (unpaired) electrons. The molecule has 0 aliphatic rings. The van der Waals surface area contributed by atoms with E-state index in [2.05, 4.69) is 49.8 Å². The van der Waals surface area contributed by atoms with Crippen LogP contribution in [0.1, 0.15) is 53.2 Å². The lowest BCUT2D eigenvalue weighted by atomic mass is 10.1. The molecular weight excluding hydrogens is 236 g/mol. The van der Waals surface area contributed by atoms with Crippen LogP contribution in [0.4, 0.5) is 5.82 Å². The number of nitrogens with zero attached hydrogens (tertiary/aromatic N) is 3. The van der Waals surface area contributed by atoms with Gasteiger partial charge in [0.15, 0.2) is 0 Å². The summed E-state index contributed by atoms with van der Waals surface area (Å²) in [6.45, 7) is 13.6. The molecule has 4 nitrogen and oxygen atoms in total. The van der Waals surface area contributed by atoms with E-state index < -0.39 is 0 Å². The Balaban J connectivity index is 2.69. The van der Waals surface area contributed by atoms with Gasteiger partial charge in [-0.05, 0) is 34.1 Å². The molecule has 0 aliphatic heterocycles. The molecule has 0 bridgehead atoms. The van der Waals surface area contributed by atoms with Gasteiger partial charge in [0.05, 0.1) is 11.9 Å². The number of anilines is 1. The zero-order chi connectivity index (χ0) is 14.3. The van der Waals surface area contributed by atoms with Gasteiger partial charge in [0.1, 0.15) is 5.82 Å². The number of nitrogens with one attached hydrogen (secondary N) is 1. The second-order valence-electron chi connectivity index (χ2n) is 5.91. The fourth-order valence-corrected chi connectivity index (χ4v) is 1.77. The van der Waals surface area contributed by atoms with Crippen LogP contribution in [-0.4, -0.2) is 28.6 Å². The zero-order valence-corrected chi connectivity index (χ0v) is 13.0. The SMILES string of the molecule is CCCCN(CC)c1cncc(CNC(C)(C)C)n1. The Morgan fingerprint density at radius 2 is 1.95 bits per heavy atom. The van der Waals surface area contributed by atoms with Crippen LogP contribution in [0.3, 0.4) is 0 Å². The minimum absolute atomic E-state index is 0.102. The highest BCUT2D eigenvalue weighted by molar-refractivity contribution is 5.35. The van der Waals surface area contributed by atoms with Crippen LogP contribution >= 0.6 is 0 Å². The summed E-state index contributed by atoms with van der Waals surface area (Å²) in [5.74, 6) is 0.990. The molecule has 0 spiro atoms. The minimum atomic E-state index is 0.102. The quantitative estimate of drug-likeness (QED) is 0.822. The van der Waals surface area contributed by atoms with E-state index >= 15 is 0 Å². The Labute approximate surface area is 117 Å².